The molecule has 0 spiro atoms. The van der Waals surface area contributed by atoms with Crippen LogP contribution in [0.5, 0.6) is 0 Å². The molecule has 1 aliphatic heterocycles. The van der Waals surface area contributed by atoms with Crippen molar-refractivity contribution in [1.29, 1.82) is 0 Å². The maximum absolute atomic E-state index is 12.6. The molecule has 1 aromatic carbocycles. The molecule has 1 saturated heterocycles. The first-order chi connectivity index (χ1) is 14.8. The third-order valence-corrected chi connectivity index (χ3v) is 6.64. The topological polar surface area (TPSA) is 16.1 Å². The van der Waals surface area contributed by atoms with Crippen molar-refractivity contribution < 1.29 is 13.2 Å². The van der Waals surface area contributed by atoms with Gasteiger partial charge in [0.1, 0.15) is 4.60 Å². The van der Waals surface area contributed by atoms with Crippen molar-refractivity contribution in [2.45, 2.75) is 44.7 Å². The number of allylic oxidation sites excluding steroid dienone is 4. The second-order valence-corrected chi connectivity index (χ2v) is 9.33. The van der Waals surface area contributed by atoms with Gasteiger partial charge in [-0.15, -0.1) is 0 Å². The molecule has 1 fully saturated rings. The highest BCUT2D eigenvalue weighted by Crippen LogP contribution is 2.37. The first kappa shape index (κ1) is 22.3. The molecule has 0 radical (unpaired) electrons. The number of likely N-dealkylation sites (tertiary alicyclic amines) is 1. The van der Waals surface area contributed by atoms with Crippen LogP contribution >= 0.6 is 15.9 Å². The predicted molar refractivity (Wildman–Crippen MR) is 123 cm³/mol. The van der Waals surface area contributed by atoms with Crippen LogP contribution in [0.25, 0.3) is 11.1 Å². The maximum Gasteiger partial charge on any atom is 0.401 e. The predicted octanol–water partition coefficient (Wildman–Crippen LogP) is 7.24. The fraction of sp³-hybridized carbons (Fsp3) is 0.400. The van der Waals surface area contributed by atoms with Crippen molar-refractivity contribution in [3.63, 3.8) is 0 Å². The molecule has 1 aliphatic carbocycles. The lowest BCUT2D eigenvalue weighted by atomic mass is 9.84. The first-order valence-electron chi connectivity index (χ1n) is 10.7. The molecule has 6 heteroatoms. The zero-order valence-corrected chi connectivity index (χ0v) is 19.1. The van der Waals surface area contributed by atoms with Gasteiger partial charge in [-0.05, 0) is 96.4 Å². The van der Waals surface area contributed by atoms with Crippen LogP contribution in [-0.4, -0.2) is 35.7 Å². The van der Waals surface area contributed by atoms with Gasteiger partial charge in [0.25, 0.3) is 0 Å². The largest absolute Gasteiger partial charge is 0.401 e. The van der Waals surface area contributed by atoms with E-state index in [9.17, 15) is 13.2 Å². The SMILES string of the molecule is CC1=CC(c2cccc(Br)n2)=C(c2ccc(C3CCN(CC(F)(F)F)CC3)cc2)CC1. The lowest BCUT2D eigenvalue weighted by Gasteiger charge is -2.32. The number of nitrogens with zero attached hydrogens (tertiary/aromatic N) is 2. The minimum absolute atomic E-state index is 0.326. The fourth-order valence-corrected chi connectivity index (χ4v) is 4.93. The summed E-state index contributed by atoms with van der Waals surface area (Å²) in [5.41, 5.74) is 7.19. The van der Waals surface area contributed by atoms with E-state index in [1.54, 1.807) is 0 Å². The molecule has 0 atom stereocenters. The third-order valence-electron chi connectivity index (χ3n) is 6.20. The lowest BCUT2D eigenvalue weighted by Crippen LogP contribution is -2.39. The van der Waals surface area contributed by atoms with Gasteiger partial charge in [0.2, 0.25) is 0 Å². The quantitative estimate of drug-likeness (QED) is 0.420. The first-order valence-corrected chi connectivity index (χ1v) is 11.5. The van der Waals surface area contributed by atoms with Crippen molar-refractivity contribution >= 4 is 27.1 Å². The van der Waals surface area contributed by atoms with Gasteiger partial charge in [0.15, 0.2) is 0 Å². The molecule has 0 amide bonds. The van der Waals surface area contributed by atoms with Crippen LogP contribution < -0.4 is 0 Å². The standard InChI is InChI=1S/C25H26BrF3N2/c1-17-5-10-21(22(15-17)23-3-2-4-24(26)30-23)20-8-6-18(7-9-20)19-11-13-31(14-12-19)16-25(27,28)29/h2-4,6-9,15,19H,5,10-14,16H2,1H3. The highest BCUT2D eigenvalue weighted by Gasteiger charge is 2.32. The molecule has 0 saturated carbocycles. The van der Waals surface area contributed by atoms with E-state index in [0.29, 0.717) is 19.0 Å². The summed E-state index contributed by atoms with van der Waals surface area (Å²) in [5.74, 6) is 0.326. The Labute approximate surface area is 190 Å². The number of hydrogen-bond acceptors (Lipinski definition) is 2. The summed E-state index contributed by atoms with van der Waals surface area (Å²) in [5, 5.41) is 0. The van der Waals surface area contributed by atoms with E-state index in [4.69, 9.17) is 0 Å². The second-order valence-electron chi connectivity index (χ2n) is 8.52. The Hall–Kier alpha value is -1.92. The number of benzene rings is 1. The summed E-state index contributed by atoms with van der Waals surface area (Å²) < 4.78 is 38.7. The zero-order chi connectivity index (χ0) is 22.0. The molecule has 0 N–H and O–H groups in total. The fourth-order valence-electron chi connectivity index (χ4n) is 4.58. The van der Waals surface area contributed by atoms with Crippen LogP contribution in [0.15, 0.2) is 58.7 Å². The number of halogens is 4. The Morgan fingerprint density at radius 1 is 1.03 bits per heavy atom. The van der Waals surface area contributed by atoms with E-state index in [0.717, 1.165) is 36.0 Å². The van der Waals surface area contributed by atoms with Gasteiger partial charge in [-0.2, -0.15) is 13.2 Å². The third kappa shape index (κ3) is 5.66. The van der Waals surface area contributed by atoms with Gasteiger partial charge in [-0.25, -0.2) is 4.98 Å². The van der Waals surface area contributed by atoms with Crippen LogP contribution in [0.4, 0.5) is 13.2 Å². The number of pyridine rings is 1. The molecular formula is C25H26BrF3N2. The number of alkyl halides is 3. The van der Waals surface area contributed by atoms with Gasteiger partial charge in [-0.3, -0.25) is 4.90 Å². The number of piperidine rings is 1. The van der Waals surface area contributed by atoms with E-state index in [-0.39, 0.29) is 0 Å². The van der Waals surface area contributed by atoms with Crippen molar-refractivity contribution in [3.05, 3.63) is 75.5 Å². The molecule has 0 bridgehead atoms. The molecule has 2 heterocycles. The van der Waals surface area contributed by atoms with E-state index in [1.807, 2.05) is 18.2 Å². The highest BCUT2D eigenvalue weighted by atomic mass is 79.9. The molecule has 2 aromatic rings. The van der Waals surface area contributed by atoms with Gasteiger partial charge < -0.3 is 0 Å². The molecular weight excluding hydrogens is 465 g/mol. The van der Waals surface area contributed by atoms with E-state index in [1.165, 1.54) is 32.7 Å². The Morgan fingerprint density at radius 2 is 1.74 bits per heavy atom. The monoisotopic (exact) mass is 490 g/mol. The van der Waals surface area contributed by atoms with Gasteiger partial charge in [0.05, 0.1) is 12.2 Å². The second kappa shape index (κ2) is 9.29. The van der Waals surface area contributed by atoms with Crippen LogP contribution in [-0.2, 0) is 0 Å². The van der Waals surface area contributed by atoms with Crippen molar-refractivity contribution in [1.82, 2.24) is 9.88 Å². The number of hydrogen-bond donors (Lipinski definition) is 0. The summed E-state index contributed by atoms with van der Waals surface area (Å²) in [7, 11) is 0. The Balaban J connectivity index is 1.53. The van der Waals surface area contributed by atoms with Crippen molar-refractivity contribution in [2.75, 3.05) is 19.6 Å². The molecule has 2 nitrogen and oxygen atoms in total. The molecule has 1 aromatic heterocycles. The van der Waals surface area contributed by atoms with Crippen LogP contribution in [0.1, 0.15) is 55.3 Å². The zero-order valence-electron chi connectivity index (χ0n) is 17.6. The Morgan fingerprint density at radius 3 is 2.39 bits per heavy atom. The van der Waals surface area contributed by atoms with E-state index in [2.05, 4.69) is 58.2 Å². The average molecular weight is 491 g/mol. The molecule has 0 unspecified atom stereocenters. The summed E-state index contributed by atoms with van der Waals surface area (Å²) in [6.07, 6.45) is 1.67. The Bertz CT molecular complexity index is 985. The molecule has 4 rings (SSSR count). The van der Waals surface area contributed by atoms with Crippen LogP contribution in [0.2, 0.25) is 0 Å². The number of rotatable bonds is 4. The van der Waals surface area contributed by atoms with E-state index < -0.39 is 12.7 Å². The molecule has 2 aliphatic rings. The summed E-state index contributed by atoms with van der Waals surface area (Å²) in [6.45, 7) is 2.36. The molecule has 164 valence electrons. The summed E-state index contributed by atoms with van der Waals surface area (Å²) in [6, 6.07) is 14.6. The summed E-state index contributed by atoms with van der Waals surface area (Å²) >= 11 is 3.47. The number of aromatic nitrogens is 1. The lowest BCUT2D eigenvalue weighted by molar-refractivity contribution is -0.147. The Kier molecular flexibility index (Phi) is 6.68. The average Bonchev–Trinajstić information content (AvgIpc) is 2.73. The van der Waals surface area contributed by atoms with Crippen molar-refractivity contribution in [3.8, 4) is 0 Å². The maximum atomic E-state index is 12.6. The smallest absolute Gasteiger partial charge is 0.295 e. The van der Waals surface area contributed by atoms with Crippen LogP contribution in [0, 0.1) is 0 Å². The van der Waals surface area contributed by atoms with Gasteiger partial charge in [-0.1, -0.05) is 42.0 Å². The van der Waals surface area contributed by atoms with Crippen molar-refractivity contribution in [2.24, 2.45) is 0 Å². The minimum atomic E-state index is -4.12. The normalized spacial score (nSPS) is 18.9. The summed E-state index contributed by atoms with van der Waals surface area (Å²) in [4.78, 5) is 6.18. The van der Waals surface area contributed by atoms with Crippen LogP contribution in [0.3, 0.4) is 0 Å². The highest BCUT2D eigenvalue weighted by molar-refractivity contribution is 9.10. The minimum Gasteiger partial charge on any atom is -0.295 e. The molecule has 31 heavy (non-hydrogen) atoms. The van der Waals surface area contributed by atoms with Gasteiger partial charge in [0, 0.05) is 5.57 Å². The van der Waals surface area contributed by atoms with Gasteiger partial charge >= 0.3 is 6.18 Å². The van der Waals surface area contributed by atoms with E-state index >= 15 is 0 Å².